The van der Waals surface area contributed by atoms with Gasteiger partial charge >= 0.3 is 5.97 Å². The lowest BCUT2D eigenvalue weighted by molar-refractivity contribution is -0.121. The van der Waals surface area contributed by atoms with Crippen molar-refractivity contribution in [2.45, 2.75) is 31.6 Å². The molecule has 0 saturated carbocycles. The monoisotopic (exact) mass is 323 g/mol. The Kier molecular flexibility index (Phi) is 4.94. The number of fused-ring (bicyclic) bond motifs is 1. The lowest BCUT2D eigenvalue weighted by atomic mass is 10.0. The molecule has 0 heterocycles. The van der Waals surface area contributed by atoms with Gasteiger partial charge in [-0.05, 0) is 42.0 Å². The Morgan fingerprint density at radius 1 is 1.08 bits per heavy atom. The lowest BCUT2D eigenvalue weighted by Gasteiger charge is -2.13. The molecule has 0 aliphatic heterocycles. The summed E-state index contributed by atoms with van der Waals surface area (Å²) in [6, 6.07) is 15.2. The second-order valence-corrected chi connectivity index (χ2v) is 6.20. The number of carboxylic acid groups (broad SMARTS) is 1. The number of amides is 1. The Labute approximate surface area is 141 Å². The first-order valence-electron chi connectivity index (χ1n) is 8.31. The van der Waals surface area contributed by atoms with Gasteiger partial charge in [-0.15, -0.1) is 0 Å². The van der Waals surface area contributed by atoms with Gasteiger partial charge in [0.15, 0.2) is 0 Å². The van der Waals surface area contributed by atoms with Crippen molar-refractivity contribution in [2.24, 2.45) is 0 Å². The van der Waals surface area contributed by atoms with Crippen LogP contribution in [0.3, 0.4) is 0 Å². The molecule has 1 unspecified atom stereocenters. The predicted molar refractivity (Wildman–Crippen MR) is 92.2 cm³/mol. The van der Waals surface area contributed by atoms with E-state index in [0.29, 0.717) is 30.9 Å². The molecule has 4 heteroatoms. The summed E-state index contributed by atoms with van der Waals surface area (Å²) >= 11 is 0. The number of carbonyl (C=O) groups is 2. The SMILES string of the molecule is O=C(CCc1ccccc1C(=O)O)NCC1CCc2ccccc21. The highest BCUT2D eigenvalue weighted by atomic mass is 16.4. The summed E-state index contributed by atoms with van der Waals surface area (Å²) in [6.45, 7) is 0.649. The van der Waals surface area contributed by atoms with Crippen LogP contribution in [0.4, 0.5) is 0 Å². The van der Waals surface area contributed by atoms with E-state index >= 15 is 0 Å². The van der Waals surface area contributed by atoms with E-state index in [0.717, 1.165) is 12.8 Å². The van der Waals surface area contributed by atoms with Crippen LogP contribution in [-0.4, -0.2) is 23.5 Å². The van der Waals surface area contributed by atoms with Gasteiger partial charge in [0.1, 0.15) is 0 Å². The first-order valence-corrected chi connectivity index (χ1v) is 8.31. The minimum Gasteiger partial charge on any atom is -0.478 e. The van der Waals surface area contributed by atoms with Gasteiger partial charge in [0.2, 0.25) is 5.91 Å². The number of aryl methyl sites for hydroxylation is 2. The predicted octanol–water partition coefficient (Wildman–Crippen LogP) is 3.16. The summed E-state index contributed by atoms with van der Waals surface area (Å²) in [4.78, 5) is 23.3. The maximum Gasteiger partial charge on any atom is 0.335 e. The minimum absolute atomic E-state index is 0.0282. The Morgan fingerprint density at radius 3 is 2.67 bits per heavy atom. The first kappa shape index (κ1) is 16.2. The maximum atomic E-state index is 12.1. The second kappa shape index (κ2) is 7.30. The number of hydrogen-bond acceptors (Lipinski definition) is 2. The van der Waals surface area contributed by atoms with Crippen LogP contribution in [0.5, 0.6) is 0 Å². The van der Waals surface area contributed by atoms with E-state index in [-0.39, 0.29) is 11.5 Å². The fourth-order valence-corrected chi connectivity index (χ4v) is 3.38. The van der Waals surface area contributed by atoms with Crippen LogP contribution >= 0.6 is 0 Å². The molecule has 1 aliphatic rings. The number of nitrogens with one attached hydrogen (secondary N) is 1. The van der Waals surface area contributed by atoms with Crippen LogP contribution in [0.25, 0.3) is 0 Å². The molecule has 4 nitrogen and oxygen atoms in total. The molecule has 24 heavy (non-hydrogen) atoms. The molecular formula is C20H21NO3. The Bertz CT molecular complexity index is 754. The molecule has 0 radical (unpaired) electrons. The van der Waals surface area contributed by atoms with Crippen molar-refractivity contribution in [3.05, 3.63) is 70.8 Å². The Balaban J connectivity index is 1.52. The van der Waals surface area contributed by atoms with E-state index in [1.54, 1.807) is 24.3 Å². The largest absolute Gasteiger partial charge is 0.478 e. The van der Waals surface area contributed by atoms with Gasteiger partial charge in [0.25, 0.3) is 0 Å². The van der Waals surface area contributed by atoms with Crippen LogP contribution in [0.2, 0.25) is 0 Å². The Hall–Kier alpha value is -2.62. The van der Waals surface area contributed by atoms with Gasteiger partial charge < -0.3 is 10.4 Å². The molecule has 0 saturated heterocycles. The van der Waals surface area contributed by atoms with E-state index in [9.17, 15) is 14.7 Å². The van der Waals surface area contributed by atoms with Crippen molar-refractivity contribution in [3.63, 3.8) is 0 Å². The van der Waals surface area contributed by atoms with Gasteiger partial charge in [-0.25, -0.2) is 4.79 Å². The first-order chi connectivity index (χ1) is 11.6. The zero-order valence-corrected chi connectivity index (χ0v) is 13.5. The van der Waals surface area contributed by atoms with Crippen LogP contribution in [0.1, 0.15) is 45.8 Å². The minimum atomic E-state index is -0.950. The molecule has 2 N–H and O–H groups in total. The lowest BCUT2D eigenvalue weighted by Crippen LogP contribution is -2.28. The van der Waals surface area contributed by atoms with Gasteiger partial charge in [0, 0.05) is 18.9 Å². The van der Waals surface area contributed by atoms with E-state index in [1.807, 2.05) is 6.07 Å². The van der Waals surface area contributed by atoms with Crippen molar-refractivity contribution in [3.8, 4) is 0 Å². The number of rotatable bonds is 6. The number of carboxylic acids is 1. The third-order valence-corrected chi connectivity index (χ3v) is 4.67. The van der Waals surface area contributed by atoms with Gasteiger partial charge in [0.05, 0.1) is 5.56 Å². The maximum absolute atomic E-state index is 12.1. The highest BCUT2D eigenvalue weighted by molar-refractivity contribution is 5.89. The van der Waals surface area contributed by atoms with Crippen molar-refractivity contribution in [1.82, 2.24) is 5.32 Å². The van der Waals surface area contributed by atoms with Gasteiger partial charge in [-0.1, -0.05) is 42.5 Å². The van der Waals surface area contributed by atoms with Crippen LogP contribution in [0, 0.1) is 0 Å². The molecule has 0 bridgehead atoms. The van der Waals surface area contributed by atoms with Crippen LogP contribution < -0.4 is 5.32 Å². The standard InChI is InChI=1S/C20H21NO3/c22-19(12-11-15-6-2-4-8-18(15)20(23)24)21-13-16-10-9-14-5-1-3-7-17(14)16/h1-8,16H,9-13H2,(H,21,22)(H,23,24). The molecule has 2 aromatic rings. The third-order valence-electron chi connectivity index (χ3n) is 4.67. The molecule has 2 aromatic carbocycles. The van der Waals surface area contributed by atoms with Crippen molar-refractivity contribution < 1.29 is 14.7 Å². The van der Waals surface area contributed by atoms with Crippen molar-refractivity contribution in [1.29, 1.82) is 0 Å². The molecule has 1 atom stereocenters. The second-order valence-electron chi connectivity index (χ2n) is 6.20. The van der Waals surface area contributed by atoms with Crippen molar-refractivity contribution >= 4 is 11.9 Å². The van der Waals surface area contributed by atoms with E-state index in [1.165, 1.54) is 11.1 Å². The zero-order valence-electron chi connectivity index (χ0n) is 13.5. The summed E-state index contributed by atoms with van der Waals surface area (Å²) in [5, 5.41) is 12.2. The molecule has 0 aromatic heterocycles. The smallest absolute Gasteiger partial charge is 0.335 e. The summed E-state index contributed by atoms with van der Waals surface area (Å²) < 4.78 is 0. The molecule has 0 fully saturated rings. The van der Waals surface area contributed by atoms with Crippen molar-refractivity contribution in [2.75, 3.05) is 6.54 Å². The average Bonchev–Trinajstić information content (AvgIpc) is 3.01. The van der Waals surface area contributed by atoms with Gasteiger partial charge in [-0.3, -0.25) is 4.79 Å². The number of carbonyl (C=O) groups excluding carboxylic acids is 1. The number of hydrogen-bond donors (Lipinski definition) is 2. The summed E-state index contributed by atoms with van der Waals surface area (Å²) in [5.41, 5.74) is 3.70. The zero-order chi connectivity index (χ0) is 16.9. The third kappa shape index (κ3) is 3.65. The fourth-order valence-electron chi connectivity index (χ4n) is 3.38. The summed E-state index contributed by atoms with van der Waals surface area (Å²) in [7, 11) is 0. The molecule has 0 spiro atoms. The Morgan fingerprint density at radius 2 is 1.83 bits per heavy atom. The van der Waals surface area contributed by atoms with E-state index < -0.39 is 5.97 Å². The van der Waals surface area contributed by atoms with Crippen LogP contribution in [0.15, 0.2) is 48.5 Å². The van der Waals surface area contributed by atoms with Gasteiger partial charge in [-0.2, -0.15) is 0 Å². The quantitative estimate of drug-likeness (QED) is 0.858. The fraction of sp³-hybridized carbons (Fsp3) is 0.300. The summed E-state index contributed by atoms with van der Waals surface area (Å²) in [5.74, 6) is -0.593. The topological polar surface area (TPSA) is 66.4 Å². The molecule has 1 amide bonds. The average molecular weight is 323 g/mol. The molecular weight excluding hydrogens is 302 g/mol. The molecule has 124 valence electrons. The molecule has 1 aliphatic carbocycles. The molecule has 3 rings (SSSR count). The van der Waals surface area contributed by atoms with E-state index in [4.69, 9.17) is 0 Å². The van der Waals surface area contributed by atoms with E-state index in [2.05, 4.69) is 23.5 Å². The highest BCUT2D eigenvalue weighted by Gasteiger charge is 2.22. The highest BCUT2D eigenvalue weighted by Crippen LogP contribution is 2.32. The summed E-state index contributed by atoms with van der Waals surface area (Å²) in [6.07, 6.45) is 2.89. The number of benzene rings is 2. The number of aromatic carboxylic acids is 1. The van der Waals surface area contributed by atoms with Crippen LogP contribution in [-0.2, 0) is 17.6 Å². The normalized spacial score (nSPS) is 15.8.